The maximum Gasteiger partial charge on any atom is 0.0783 e. The second-order valence-corrected chi connectivity index (χ2v) is 4.53. The lowest BCUT2D eigenvalue weighted by Gasteiger charge is -2.26. The summed E-state index contributed by atoms with van der Waals surface area (Å²) in [7, 11) is 8.49. The van der Waals surface area contributed by atoms with Crippen molar-refractivity contribution in [3.63, 3.8) is 0 Å². The Bertz CT molecular complexity index is 107. The molecule has 0 fully saturated rings. The van der Waals surface area contributed by atoms with E-state index in [1.807, 2.05) is 0 Å². The first-order chi connectivity index (χ1) is 5.49. The van der Waals surface area contributed by atoms with E-state index >= 15 is 0 Å². The number of ether oxygens (including phenoxy) is 1. The Morgan fingerprint density at radius 3 is 2.17 bits per heavy atom. The first-order valence-electron chi connectivity index (χ1n) is 4.79. The monoisotopic (exact) mass is 174 g/mol. The van der Waals surface area contributed by atoms with Gasteiger partial charge in [-0.3, -0.25) is 0 Å². The van der Waals surface area contributed by atoms with Crippen LogP contribution in [0.25, 0.3) is 0 Å². The second-order valence-electron chi connectivity index (χ2n) is 4.53. The fourth-order valence-corrected chi connectivity index (χ4v) is 1.21. The zero-order valence-electron chi connectivity index (χ0n) is 9.26. The third-order valence-electron chi connectivity index (χ3n) is 2.19. The first kappa shape index (κ1) is 11.9. The molecule has 0 saturated carbocycles. The molecule has 0 heterocycles. The Hall–Kier alpha value is -0.0800. The molecule has 0 aliphatic rings. The van der Waals surface area contributed by atoms with Crippen LogP contribution in [0.4, 0.5) is 0 Å². The number of rotatable bonds is 6. The number of quaternary nitrogens is 1. The molecule has 2 nitrogen and oxygen atoms in total. The topological polar surface area (TPSA) is 9.23 Å². The van der Waals surface area contributed by atoms with E-state index in [2.05, 4.69) is 28.1 Å². The predicted molar refractivity (Wildman–Crippen MR) is 53.2 cm³/mol. The summed E-state index contributed by atoms with van der Waals surface area (Å²) in [6.45, 7) is 4.39. The highest BCUT2D eigenvalue weighted by molar-refractivity contribution is 4.54. The van der Waals surface area contributed by atoms with Crippen LogP contribution in [0.15, 0.2) is 0 Å². The summed E-state index contributed by atoms with van der Waals surface area (Å²) in [4.78, 5) is 0. The van der Waals surface area contributed by atoms with E-state index in [9.17, 15) is 0 Å². The van der Waals surface area contributed by atoms with Gasteiger partial charge in [0.15, 0.2) is 0 Å². The van der Waals surface area contributed by atoms with Gasteiger partial charge in [0.2, 0.25) is 0 Å². The van der Waals surface area contributed by atoms with Crippen LogP contribution >= 0.6 is 0 Å². The van der Waals surface area contributed by atoms with Gasteiger partial charge in [-0.05, 0) is 5.92 Å². The summed E-state index contributed by atoms with van der Waals surface area (Å²) < 4.78 is 6.21. The molecule has 0 rings (SSSR count). The van der Waals surface area contributed by atoms with E-state index < -0.39 is 0 Å². The molecule has 1 unspecified atom stereocenters. The molecule has 0 aromatic rings. The Morgan fingerprint density at radius 2 is 1.83 bits per heavy atom. The maximum atomic E-state index is 5.15. The van der Waals surface area contributed by atoms with Crippen molar-refractivity contribution in [1.29, 1.82) is 0 Å². The summed E-state index contributed by atoms with van der Waals surface area (Å²) in [6.07, 6.45) is 2.50. The van der Waals surface area contributed by atoms with Gasteiger partial charge in [0.05, 0.1) is 27.7 Å². The Morgan fingerprint density at radius 1 is 1.25 bits per heavy atom. The summed E-state index contributed by atoms with van der Waals surface area (Å²) in [6, 6.07) is 0. The molecule has 1 atom stereocenters. The molecule has 74 valence electrons. The summed E-state index contributed by atoms with van der Waals surface area (Å²) in [5.41, 5.74) is 0. The van der Waals surface area contributed by atoms with Gasteiger partial charge in [-0.25, -0.2) is 0 Å². The van der Waals surface area contributed by atoms with Crippen molar-refractivity contribution in [3.05, 3.63) is 0 Å². The standard InChI is InChI=1S/C10H24NO/c1-6-10(9-12-5)7-8-11(2,3)4/h10H,6-9H2,1-5H3/q+1. The molecule has 0 N–H and O–H groups in total. The van der Waals surface area contributed by atoms with Crippen molar-refractivity contribution in [3.8, 4) is 0 Å². The van der Waals surface area contributed by atoms with Crippen LogP contribution in [0, 0.1) is 5.92 Å². The second kappa shape index (κ2) is 5.55. The normalized spacial score (nSPS) is 14.8. The summed E-state index contributed by atoms with van der Waals surface area (Å²) in [5, 5.41) is 0. The van der Waals surface area contributed by atoms with Crippen molar-refractivity contribution < 1.29 is 9.22 Å². The van der Waals surface area contributed by atoms with Gasteiger partial charge >= 0.3 is 0 Å². The van der Waals surface area contributed by atoms with Gasteiger partial charge in [0, 0.05) is 20.1 Å². The molecule has 0 radical (unpaired) electrons. The first-order valence-corrected chi connectivity index (χ1v) is 4.79. The fourth-order valence-electron chi connectivity index (χ4n) is 1.21. The number of hydrogen-bond acceptors (Lipinski definition) is 1. The van der Waals surface area contributed by atoms with Crippen molar-refractivity contribution >= 4 is 0 Å². The number of hydrogen-bond donors (Lipinski definition) is 0. The maximum absolute atomic E-state index is 5.15. The lowest BCUT2D eigenvalue weighted by molar-refractivity contribution is -0.871. The molecular formula is C10H24NO+. The van der Waals surface area contributed by atoms with E-state index in [4.69, 9.17) is 4.74 Å². The SMILES string of the molecule is CCC(CC[N+](C)(C)C)COC. The van der Waals surface area contributed by atoms with E-state index in [0.29, 0.717) is 0 Å². The summed E-state index contributed by atoms with van der Waals surface area (Å²) >= 11 is 0. The van der Waals surface area contributed by atoms with Crippen LogP contribution in [0.5, 0.6) is 0 Å². The largest absolute Gasteiger partial charge is 0.384 e. The fraction of sp³-hybridized carbons (Fsp3) is 1.00. The Labute approximate surface area is 77.1 Å². The van der Waals surface area contributed by atoms with E-state index in [1.54, 1.807) is 7.11 Å². The highest BCUT2D eigenvalue weighted by atomic mass is 16.5. The average molecular weight is 174 g/mol. The molecule has 12 heavy (non-hydrogen) atoms. The highest BCUT2D eigenvalue weighted by Gasteiger charge is 2.12. The average Bonchev–Trinajstić information content (AvgIpc) is 1.96. The van der Waals surface area contributed by atoms with Gasteiger partial charge in [0.25, 0.3) is 0 Å². The molecule has 0 spiro atoms. The number of nitrogens with zero attached hydrogens (tertiary/aromatic N) is 1. The molecule has 0 bridgehead atoms. The molecule has 0 saturated heterocycles. The molecule has 0 aliphatic carbocycles. The highest BCUT2D eigenvalue weighted by Crippen LogP contribution is 2.10. The quantitative estimate of drug-likeness (QED) is 0.557. The minimum absolute atomic E-state index is 0.743. The molecule has 2 heteroatoms. The van der Waals surface area contributed by atoms with Crippen molar-refractivity contribution in [2.24, 2.45) is 5.92 Å². The van der Waals surface area contributed by atoms with Crippen LogP contribution in [0.2, 0.25) is 0 Å². The van der Waals surface area contributed by atoms with Crippen LogP contribution in [0.1, 0.15) is 19.8 Å². The number of methoxy groups -OCH3 is 1. The van der Waals surface area contributed by atoms with Crippen LogP contribution < -0.4 is 0 Å². The zero-order valence-corrected chi connectivity index (χ0v) is 9.26. The molecule has 0 aliphatic heterocycles. The van der Waals surface area contributed by atoms with Gasteiger partial charge in [-0.15, -0.1) is 0 Å². The van der Waals surface area contributed by atoms with Crippen molar-refractivity contribution in [2.45, 2.75) is 19.8 Å². The molecule has 0 aromatic carbocycles. The third kappa shape index (κ3) is 6.62. The minimum atomic E-state index is 0.743. The summed E-state index contributed by atoms with van der Waals surface area (Å²) in [5.74, 6) is 0.743. The Balaban J connectivity index is 3.58. The Kier molecular flexibility index (Phi) is 5.51. The van der Waals surface area contributed by atoms with Gasteiger partial charge < -0.3 is 9.22 Å². The molecule has 0 amide bonds. The van der Waals surface area contributed by atoms with Crippen LogP contribution in [-0.2, 0) is 4.74 Å². The lowest BCUT2D eigenvalue weighted by Crippen LogP contribution is -2.36. The lowest BCUT2D eigenvalue weighted by atomic mass is 10.0. The van der Waals surface area contributed by atoms with Crippen molar-refractivity contribution in [1.82, 2.24) is 0 Å². The van der Waals surface area contributed by atoms with Crippen LogP contribution in [-0.4, -0.2) is 45.9 Å². The van der Waals surface area contributed by atoms with Gasteiger partial charge in [-0.1, -0.05) is 13.3 Å². The van der Waals surface area contributed by atoms with E-state index in [-0.39, 0.29) is 0 Å². The zero-order chi connectivity index (χ0) is 9.61. The van der Waals surface area contributed by atoms with Crippen molar-refractivity contribution in [2.75, 3.05) is 41.4 Å². The molecular weight excluding hydrogens is 150 g/mol. The van der Waals surface area contributed by atoms with E-state index in [0.717, 1.165) is 17.0 Å². The molecule has 0 aromatic heterocycles. The van der Waals surface area contributed by atoms with Crippen LogP contribution in [0.3, 0.4) is 0 Å². The van der Waals surface area contributed by atoms with E-state index in [1.165, 1.54) is 19.4 Å². The predicted octanol–water partition coefficient (Wildman–Crippen LogP) is 1.76. The minimum Gasteiger partial charge on any atom is -0.384 e. The smallest absolute Gasteiger partial charge is 0.0783 e. The van der Waals surface area contributed by atoms with Gasteiger partial charge in [0.1, 0.15) is 0 Å². The third-order valence-corrected chi connectivity index (χ3v) is 2.19. The van der Waals surface area contributed by atoms with Gasteiger partial charge in [-0.2, -0.15) is 0 Å².